The summed E-state index contributed by atoms with van der Waals surface area (Å²) in [5, 5.41) is 16.2. The van der Waals surface area contributed by atoms with Crippen LogP contribution in [0, 0.1) is 0 Å². The quantitative estimate of drug-likeness (QED) is 0.403. The van der Waals surface area contributed by atoms with Crippen LogP contribution in [0.1, 0.15) is 12.5 Å². The number of carbonyl (C=O) groups excluding carboxylic acids is 1. The maximum absolute atomic E-state index is 12.4. The molecule has 0 amide bonds. The number of hydrogen-bond donors (Lipinski definition) is 0. The van der Waals surface area contributed by atoms with E-state index in [0.717, 1.165) is 27.6 Å². The summed E-state index contributed by atoms with van der Waals surface area (Å²) in [5.74, 6) is -0.461. The maximum atomic E-state index is 12.4. The summed E-state index contributed by atoms with van der Waals surface area (Å²) in [5.41, 5.74) is 0.605. The SMILES string of the molecule is CC(=O)C=C([O-])c1c2ccccc2cc2ccccc12. The van der Waals surface area contributed by atoms with E-state index in [1.807, 2.05) is 48.5 Å². The average molecular weight is 261 g/mol. The van der Waals surface area contributed by atoms with Crippen molar-refractivity contribution in [2.24, 2.45) is 0 Å². The van der Waals surface area contributed by atoms with E-state index in [-0.39, 0.29) is 11.5 Å². The zero-order chi connectivity index (χ0) is 14.1. The molecule has 98 valence electrons. The van der Waals surface area contributed by atoms with Gasteiger partial charge < -0.3 is 5.11 Å². The highest BCUT2D eigenvalue weighted by atomic mass is 16.3. The first-order valence-electron chi connectivity index (χ1n) is 6.47. The van der Waals surface area contributed by atoms with Crippen LogP contribution in [0.3, 0.4) is 0 Å². The van der Waals surface area contributed by atoms with E-state index in [2.05, 4.69) is 6.07 Å². The lowest BCUT2D eigenvalue weighted by Crippen LogP contribution is -2.06. The van der Waals surface area contributed by atoms with Crippen LogP contribution in [0.5, 0.6) is 0 Å². The number of rotatable bonds is 2. The lowest BCUT2D eigenvalue weighted by atomic mass is 9.95. The summed E-state index contributed by atoms with van der Waals surface area (Å²) in [7, 11) is 0. The van der Waals surface area contributed by atoms with Crippen LogP contribution >= 0.6 is 0 Å². The lowest BCUT2D eigenvalue weighted by molar-refractivity contribution is -0.243. The van der Waals surface area contributed by atoms with Crippen molar-refractivity contribution in [3.8, 4) is 0 Å². The summed E-state index contributed by atoms with van der Waals surface area (Å²) in [6, 6.07) is 17.6. The van der Waals surface area contributed by atoms with E-state index in [0.29, 0.717) is 5.56 Å². The molecule has 3 aromatic carbocycles. The molecule has 0 fully saturated rings. The minimum absolute atomic E-state index is 0.230. The second kappa shape index (κ2) is 4.82. The molecule has 0 unspecified atom stereocenters. The van der Waals surface area contributed by atoms with Crippen molar-refractivity contribution in [1.29, 1.82) is 0 Å². The van der Waals surface area contributed by atoms with Gasteiger partial charge >= 0.3 is 0 Å². The second-order valence-corrected chi connectivity index (χ2v) is 4.81. The fourth-order valence-electron chi connectivity index (χ4n) is 2.54. The first kappa shape index (κ1) is 12.4. The predicted molar refractivity (Wildman–Crippen MR) is 80.1 cm³/mol. The molecule has 20 heavy (non-hydrogen) atoms. The lowest BCUT2D eigenvalue weighted by Gasteiger charge is -2.18. The van der Waals surface area contributed by atoms with Crippen molar-refractivity contribution in [3.63, 3.8) is 0 Å². The third-order valence-electron chi connectivity index (χ3n) is 3.35. The molecule has 3 rings (SSSR count). The molecule has 0 aliphatic rings. The minimum atomic E-state index is -0.231. The third-order valence-corrected chi connectivity index (χ3v) is 3.35. The van der Waals surface area contributed by atoms with Gasteiger partial charge in [0, 0.05) is 0 Å². The summed E-state index contributed by atoms with van der Waals surface area (Å²) in [6.07, 6.45) is 1.16. The summed E-state index contributed by atoms with van der Waals surface area (Å²) in [4.78, 5) is 11.2. The highest BCUT2D eigenvalue weighted by molar-refractivity contribution is 6.09. The van der Waals surface area contributed by atoms with Gasteiger partial charge in [-0.15, -0.1) is 0 Å². The summed E-state index contributed by atoms with van der Waals surface area (Å²) >= 11 is 0. The van der Waals surface area contributed by atoms with Crippen molar-refractivity contribution < 1.29 is 9.90 Å². The molecule has 0 saturated heterocycles. The number of ketones is 1. The molecule has 0 radical (unpaired) electrons. The van der Waals surface area contributed by atoms with Gasteiger partial charge in [-0.05, 0) is 46.2 Å². The van der Waals surface area contributed by atoms with Gasteiger partial charge in [-0.3, -0.25) is 4.79 Å². The molecular formula is C18H13O2-. The number of benzene rings is 3. The standard InChI is InChI=1S/C18H14O2/c1-12(19)10-17(20)18-15-8-4-2-6-13(15)11-14-7-3-5-9-16(14)18/h2-11,20H,1H3/p-1. The van der Waals surface area contributed by atoms with Gasteiger partial charge in [0.15, 0.2) is 5.78 Å². The van der Waals surface area contributed by atoms with Crippen molar-refractivity contribution in [2.75, 3.05) is 0 Å². The highest BCUT2D eigenvalue weighted by Gasteiger charge is 2.06. The van der Waals surface area contributed by atoms with Crippen LogP contribution in [0.25, 0.3) is 27.3 Å². The number of fused-ring (bicyclic) bond motifs is 2. The first-order valence-corrected chi connectivity index (χ1v) is 6.47. The van der Waals surface area contributed by atoms with Crippen molar-refractivity contribution in [3.05, 3.63) is 66.2 Å². The maximum Gasteiger partial charge on any atom is 0.152 e. The molecular weight excluding hydrogens is 248 g/mol. The Morgan fingerprint density at radius 2 is 1.45 bits per heavy atom. The van der Waals surface area contributed by atoms with Gasteiger partial charge in [0.25, 0.3) is 0 Å². The van der Waals surface area contributed by atoms with Gasteiger partial charge in [-0.2, -0.15) is 0 Å². The van der Waals surface area contributed by atoms with Gasteiger partial charge in [-0.25, -0.2) is 0 Å². The van der Waals surface area contributed by atoms with Crippen LogP contribution < -0.4 is 5.11 Å². The van der Waals surface area contributed by atoms with Crippen molar-refractivity contribution >= 4 is 33.1 Å². The van der Waals surface area contributed by atoms with Crippen molar-refractivity contribution in [1.82, 2.24) is 0 Å². The topological polar surface area (TPSA) is 40.1 Å². The van der Waals surface area contributed by atoms with E-state index in [1.165, 1.54) is 6.92 Å². The average Bonchev–Trinajstić information content (AvgIpc) is 2.43. The Hall–Kier alpha value is -2.61. The van der Waals surface area contributed by atoms with Gasteiger partial charge in [-0.1, -0.05) is 54.3 Å². The fourth-order valence-corrected chi connectivity index (χ4v) is 2.54. The normalized spacial score (nSPS) is 11.9. The summed E-state index contributed by atoms with van der Waals surface area (Å²) < 4.78 is 0. The van der Waals surface area contributed by atoms with Gasteiger partial charge in [0.1, 0.15) is 0 Å². The minimum Gasteiger partial charge on any atom is -0.872 e. The zero-order valence-electron chi connectivity index (χ0n) is 11.1. The second-order valence-electron chi connectivity index (χ2n) is 4.81. The smallest absolute Gasteiger partial charge is 0.152 e. The van der Waals surface area contributed by atoms with E-state index in [4.69, 9.17) is 0 Å². The molecule has 2 heteroatoms. The molecule has 0 saturated carbocycles. The Balaban J connectivity index is 2.48. The molecule has 0 spiro atoms. The van der Waals surface area contributed by atoms with Crippen molar-refractivity contribution in [2.45, 2.75) is 6.92 Å². The van der Waals surface area contributed by atoms with Gasteiger partial charge in [0.05, 0.1) is 0 Å². The molecule has 2 nitrogen and oxygen atoms in total. The molecule has 0 aliphatic carbocycles. The van der Waals surface area contributed by atoms with Crippen LogP contribution in [-0.2, 0) is 4.79 Å². The van der Waals surface area contributed by atoms with Crippen LogP contribution in [0.15, 0.2) is 60.7 Å². The third kappa shape index (κ3) is 2.05. The molecule has 0 aliphatic heterocycles. The Kier molecular flexibility index (Phi) is 2.99. The highest BCUT2D eigenvalue weighted by Crippen LogP contribution is 2.31. The molecule has 3 aromatic rings. The van der Waals surface area contributed by atoms with E-state index >= 15 is 0 Å². The Labute approximate surface area is 117 Å². The Morgan fingerprint density at radius 1 is 0.950 bits per heavy atom. The van der Waals surface area contributed by atoms with Crippen LogP contribution in [-0.4, -0.2) is 5.78 Å². The Morgan fingerprint density at radius 3 is 1.95 bits per heavy atom. The zero-order valence-corrected chi connectivity index (χ0v) is 11.1. The largest absolute Gasteiger partial charge is 0.872 e. The number of carbonyl (C=O) groups is 1. The van der Waals surface area contributed by atoms with E-state index < -0.39 is 0 Å². The van der Waals surface area contributed by atoms with Gasteiger partial charge in [0.2, 0.25) is 0 Å². The number of allylic oxidation sites excluding steroid dienone is 1. The molecule has 0 aromatic heterocycles. The monoisotopic (exact) mass is 261 g/mol. The Bertz CT molecular complexity index is 790. The molecule has 0 heterocycles. The molecule has 0 N–H and O–H groups in total. The van der Waals surface area contributed by atoms with Crippen LogP contribution in [0.4, 0.5) is 0 Å². The molecule has 0 bridgehead atoms. The summed E-state index contributed by atoms with van der Waals surface area (Å²) in [6.45, 7) is 1.39. The van der Waals surface area contributed by atoms with E-state index in [9.17, 15) is 9.90 Å². The fraction of sp³-hybridized carbons (Fsp3) is 0.0556. The van der Waals surface area contributed by atoms with Crippen LogP contribution in [0.2, 0.25) is 0 Å². The predicted octanol–water partition coefficient (Wildman–Crippen LogP) is 3.28. The first-order chi connectivity index (χ1) is 9.66. The molecule has 0 atom stereocenters. The van der Waals surface area contributed by atoms with E-state index in [1.54, 1.807) is 0 Å². The number of hydrogen-bond acceptors (Lipinski definition) is 2.